The summed E-state index contributed by atoms with van der Waals surface area (Å²) in [7, 11) is 0. The molecule has 6 heteroatoms. The molecule has 1 atom stereocenters. The van der Waals surface area contributed by atoms with Gasteiger partial charge in [-0.15, -0.1) is 0 Å². The minimum Gasteiger partial charge on any atom is -0.475 e. The van der Waals surface area contributed by atoms with E-state index in [1.807, 2.05) is 0 Å². The van der Waals surface area contributed by atoms with Gasteiger partial charge in [0.2, 0.25) is 11.7 Å². The summed E-state index contributed by atoms with van der Waals surface area (Å²) in [5.74, 6) is -1.04. The highest BCUT2D eigenvalue weighted by molar-refractivity contribution is 5.86. The van der Waals surface area contributed by atoms with Crippen LogP contribution in [0.2, 0.25) is 0 Å². The second kappa shape index (κ2) is 4.26. The van der Waals surface area contributed by atoms with Crippen LogP contribution < -0.4 is 10.6 Å². The summed E-state index contributed by atoms with van der Waals surface area (Å²) in [5.41, 5.74) is 0. The number of piperidine rings is 1. The van der Waals surface area contributed by atoms with E-state index in [0.717, 1.165) is 12.8 Å². The zero-order chi connectivity index (χ0) is 11.5. The molecule has 2 heterocycles. The fourth-order valence-corrected chi connectivity index (χ4v) is 1.61. The molecular formula is C10H12N2O4. The van der Waals surface area contributed by atoms with Gasteiger partial charge in [0.15, 0.2) is 5.88 Å². The Balaban J connectivity index is 2.02. The summed E-state index contributed by atoms with van der Waals surface area (Å²) in [4.78, 5) is 22.0. The Morgan fingerprint density at radius 2 is 2.38 bits per heavy atom. The van der Waals surface area contributed by atoms with Gasteiger partial charge in [-0.1, -0.05) is 0 Å². The number of carboxylic acids is 1. The summed E-state index contributed by atoms with van der Waals surface area (Å²) in [5, 5.41) is 14.2. The molecule has 1 aromatic heterocycles. The Bertz CT molecular complexity index is 413. The lowest BCUT2D eigenvalue weighted by molar-refractivity contribution is -0.123. The maximum atomic E-state index is 11.4. The number of carboxylic acid groups (broad SMARTS) is 1. The van der Waals surface area contributed by atoms with Gasteiger partial charge in [-0.3, -0.25) is 4.79 Å². The van der Waals surface area contributed by atoms with Gasteiger partial charge in [0, 0.05) is 12.6 Å². The first-order valence-electron chi connectivity index (χ1n) is 5.04. The van der Waals surface area contributed by atoms with E-state index in [-0.39, 0.29) is 17.7 Å². The van der Waals surface area contributed by atoms with Crippen molar-refractivity contribution in [2.75, 3.05) is 11.9 Å². The molecule has 1 saturated heterocycles. The Morgan fingerprint density at radius 3 is 3.00 bits per heavy atom. The first-order chi connectivity index (χ1) is 7.66. The highest BCUT2D eigenvalue weighted by Gasteiger charge is 2.22. The molecule has 0 saturated carbocycles. The van der Waals surface area contributed by atoms with E-state index in [9.17, 15) is 9.59 Å². The van der Waals surface area contributed by atoms with E-state index in [1.54, 1.807) is 0 Å². The number of aromatic carboxylic acids is 1. The lowest BCUT2D eigenvalue weighted by Gasteiger charge is -2.22. The first kappa shape index (κ1) is 10.5. The van der Waals surface area contributed by atoms with E-state index < -0.39 is 5.97 Å². The fraction of sp³-hybridized carbons (Fsp3) is 0.400. The van der Waals surface area contributed by atoms with Crippen LogP contribution in [0.4, 0.5) is 5.88 Å². The van der Waals surface area contributed by atoms with Crippen molar-refractivity contribution < 1.29 is 19.1 Å². The number of nitrogens with one attached hydrogen (secondary N) is 2. The molecule has 1 unspecified atom stereocenters. The van der Waals surface area contributed by atoms with Gasteiger partial charge in [-0.05, 0) is 18.9 Å². The average molecular weight is 224 g/mol. The molecule has 0 aromatic carbocycles. The van der Waals surface area contributed by atoms with Crippen LogP contribution in [0, 0.1) is 0 Å². The molecule has 0 aliphatic carbocycles. The van der Waals surface area contributed by atoms with E-state index in [2.05, 4.69) is 10.6 Å². The quantitative estimate of drug-likeness (QED) is 0.701. The molecule has 1 aliphatic rings. The summed E-state index contributed by atoms with van der Waals surface area (Å²) < 4.78 is 5.01. The third-order valence-electron chi connectivity index (χ3n) is 2.42. The normalized spacial score (nSPS) is 20.2. The number of carbonyl (C=O) groups is 2. The maximum absolute atomic E-state index is 11.4. The van der Waals surface area contributed by atoms with Gasteiger partial charge in [0.1, 0.15) is 6.04 Å². The van der Waals surface area contributed by atoms with Gasteiger partial charge < -0.3 is 20.2 Å². The van der Waals surface area contributed by atoms with Gasteiger partial charge in [-0.25, -0.2) is 4.79 Å². The predicted octanol–water partition coefficient (Wildman–Crippen LogP) is 0.668. The molecule has 1 fully saturated rings. The third kappa shape index (κ3) is 2.16. The Labute approximate surface area is 91.6 Å². The maximum Gasteiger partial charge on any atom is 0.371 e. The van der Waals surface area contributed by atoms with E-state index in [0.29, 0.717) is 12.4 Å². The van der Waals surface area contributed by atoms with Crippen molar-refractivity contribution in [1.29, 1.82) is 0 Å². The number of hydrogen-bond donors (Lipinski definition) is 3. The van der Waals surface area contributed by atoms with Gasteiger partial charge in [0.05, 0.1) is 0 Å². The zero-order valence-electron chi connectivity index (χ0n) is 8.53. The van der Waals surface area contributed by atoms with Crippen LogP contribution in [0.3, 0.4) is 0 Å². The van der Waals surface area contributed by atoms with Crippen LogP contribution in [0.25, 0.3) is 0 Å². The lowest BCUT2D eigenvalue weighted by Crippen LogP contribution is -2.44. The van der Waals surface area contributed by atoms with E-state index >= 15 is 0 Å². The molecule has 2 rings (SSSR count). The molecule has 86 valence electrons. The predicted molar refractivity (Wildman–Crippen MR) is 55.3 cm³/mol. The van der Waals surface area contributed by atoms with Gasteiger partial charge in [-0.2, -0.15) is 0 Å². The summed E-state index contributed by atoms with van der Waals surface area (Å²) >= 11 is 0. The smallest absolute Gasteiger partial charge is 0.371 e. The minimum atomic E-state index is -1.12. The number of hydrogen-bond acceptors (Lipinski definition) is 4. The molecule has 1 aliphatic heterocycles. The van der Waals surface area contributed by atoms with Crippen molar-refractivity contribution >= 4 is 17.8 Å². The Hall–Kier alpha value is -1.98. The van der Waals surface area contributed by atoms with Crippen molar-refractivity contribution in [3.05, 3.63) is 17.9 Å². The van der Waals surface area contributed by atoms with Gasteiger partial charge in [0.25, 0.3) is 0 Å². The second-order valence-corrected chi connectivity index (χ2v) is 3.60. The Morgan fingerprint density at radius 1 is 1.56 bits per heavy atom. The third-order valence-corrected chi connectivity index (χ3v) is 2.42. The number of furan rings is 1. The summed E-state index contributed by atoms with van der Waals surface area (Å²) in [6.07, 6.45) is 1.62. The number of amides is 1. The van der Waals surface area contributed by atoms with Crippen molar-refractivity contribution in [1.82, 2.24) is 5.32 Å². The molecule has 1 aromatic rings. The second-order valence-electron chi connectivity index (χ2n) is 3.60. The zero-order valence-corrected chi connectivity index (χ0v) is 8.53. The molecule has 1 amide bonds. The fourth-order valence-electron chi connectivity index (χ4n) is 1.61. The van der Waals surface area contributed by atoms with Crippen LogP contribution >= 0.6 is 0 Å². The molecule has 0 spiro atoms. The summed E-state index contributed by atoms with van der Waals surface area (Å²) in [6, 6.07) is 2.51. The SMILES string of the molecule is O=C(O)c1ccc(NC2CCCNC2=O)o1. The van der Waals surface area contributed by atoms with Crippen molar-refractivity contribution in [2.45, 2.75) is 18.9 Å². The monoisotopic (exact) mass is 224 g/mol. The van der Waals surface area contributed by atoms with Crippen LogP contribution in [0.1, 0.15) is 23.4 Å². The van der Waals surface area contributed by atoms with E-state index in [1.165, 1.54) is 12.1 Å². The standard InChI is InChI=1S/C10H12N2O4/c13-9-6(2-1-5-11-9)12-8-4-3-7(16-8)10(14)15/h3-4,6,12H,1-2,5H2,(H,11,13)(H,14,15). The van der Waals surface area contributed by atoms with Gasteiger partial charge >= 0.3 is 5.97 Å². The highest BCUT2D eigenvalue weighted by Crippen LogP contribution is 2.16. The lowest BCUT2D eigenvalue weighted by atomic mass is 10.1. The highest BCUT2D eigenvalue weighted by atomic mass is 16.4. The average Bonchev–Trinajstić information content (AvgIpc) is 2.70. The van der Waals surface area contributed by atoms with Crippen molar-refractivity contribution in [3.63, 3.8) is 0 Å². The van der Waals surface area contributed by atoms with Crippen LogP contribution in [-0.4, -0.2) is 29.6 Å². The number of anilines is 1. The van der Waals surface area contributed by atoms with Crippen LogP contribution in [0.15, 0.2) is 16.5 Å². The largest absolute Gasteiger partial charge is 0.475 e. The number of rotatable bonds is 3. The topological polar surface area (TPSA) is 91.6 Å². The number of carbonyl (C=O) groups excluding carboxylic acids is 1. The molecular weight excluding hydrogens is 212 g/mol. The first-order valence-corrected chi connectivity index (χ1v) is 5.04. The van der Waals surface area contributed by atoms with Crippen LogP contribution in [0.5, 0.6) is 0 Å². The molecule has 0 radical (unpaired) electrons. The molecule has 6 nitrogen and oxygen atoms in total. The molecule has 0 bridgehead atoms. The van der Waals surface area contributed by atoms with E-state index in [4.69, 9.17) is 9.52 Å². The van der Waals surface area contributed by atoms with Crippen molar-refractivity contribution in [3.8, 4) is 0 Å². The van der Waals surface area contributed by atoms with Crippen LogP contribution in [-0.2, 0) is 4.79 Å². The molecule has 16 heavy (non-hydrogen) atoms. The van der Waals surface area contributed by atoms with Crippen molar-refractivity contribution in [2.24, 2.45) is 0 Å². The Kier molecular flexibility index (Phi) is 2.80. The molecule has 3 N–H and O–H groups in total. The minimum absolute atomic E-state index is 0.0838. The summed E-state index contributed by atoms with van der Waals surface area (Å²) in [6.45, 7) is 0.690.